The van der Waals surface area contributed by atoms with E-state index in [4.69, 9.17) is 9.26 Å². The molecule has 6 heteroatoms. The van der Waals surface area contributed by atoms with E-state index in [0.717, 1.165) is 48.8 Å². The molecule has 4 rings (SSSR count). The van der Waals surface area contributed by atoms with Crippen LogP contribution in [-0.2, 0) is 13.6 Å². The quantitative estimate of drug-likeness (QED) is 0.722. The van der Waals surface area contributed by atoms with Gasteiger partial charge in [0.2, 0.25) is 0 Å². The first kappa shape index (κ1) is 15.0. The first-order chi connectivity index (χ1) is 11.8. The molecule has 1 saturated heterocycles. The lowest BCUT2D eigenvalue weighted by Crippen LogP contribution is -2.24. The van der Waals surface area contributed by atoms with E-state index < -0.39 is 0 Å². The largest absolute Gasteiger partial charge is 0.489 e. The van der Waals surface area contributed by atoms with Gasteiger partial charge in [-0.2, -0.15) is 5.10 Å². The van der Waals surface area contributed by atoms with E-state index in [2.05, 4.69) is 15.2 Å². The zero-order valence-corrected chi connectivity index (χ0v) is 13.6. The number of aromatic nitrogens is 3. The van der Waals surface area contributed by atoms with E-state index in [0.29, 0.717) is 0 Å². The highest BCUT2D eigenvalue weighted by Crippen LogP contribution is 2.22. The van der Waals surface area contributed by atoms with Gasteiger partial charge in [-0.1, -0.05) is 23.4 Å². The maximum atomic E-state index is 6.02. The predicted octanol–water partition coefficient (Wildman–Crippen LogP) is 2.73. The van der Waals surface area contributed by atoms with Crippen LogP contribution in [0.2, 0.25) is 0 Å². The van der Waals surface area contributed by atoms with Gasteiger partial charge in [0.15, 0.2) is 5.76 Å². The van der Waals surface area contributed by atoms with Crippen molar-refractivity contribution in [2.24, 2.45) is 7.05 Å². The summed E-state index contributed by atoms with van der Waals surface area (Å²) in [5, 5.41) is 8.31. The molecular weight excluding hydrogens is 304 g/mol. The molecular formula is C18H20N4O2. The molecule has 0 saturated carbocycles. The van der Waals surface area contributed by atoms with E-state index in [9.17, 15) is 0 Å². The Bertz CT molecular complexity index is 796. The van der Waals surface area contributed by atoms with Crippen LogP contribution < -0.4 is 4.74 Å². The number of hydrogen-bond acceptors (Lipinski definition) is 5. The van der Waals surface area contributed by atoms with Crippen molar-refractivity contribution in [3.05, 3.63) is 54.6 Å². The fourth-order valence-corrected chi connectivity index (χ4v) is 3.03. The number of benzene rings is 1. The molecule has 124 valence electrons. The molecule has 0 unspecified atom stereocenters. The molecule has 1 aliphatic heterocycles. The second-order valence-corrected chi connectivity index (χ2v) is 6.16. The number of para-hydroxylation sites is 1. The van der Waals surface area contributed by atoms with E-state index in [-0.39, 0.29) is 6.10 Å². The van der Waals surface area contributed by atoms with Crippen LogP contribution in [0.3, 0.4) is 0 Å². The maximum absolute atomic E-state index is 6.02. The van der Waals surface area contributed by atoms with Crippen molar-refractivity contribution in [3.63, 3.8) is 0 Å². The molecule has 0 aliphatic carbocycles. The third kappa shape index (κ3) is 3.33. The van der Waals surface area contributed by atoms with Gasteiger partial charge in [0.1, 0.15) is 17.5 Å². The molecule has 1 aromatic carbocycles. The summed E-state index contributed by atoms with van der Waals surface area (Å²) in [7, 11) is 1.89. The lowest BCUT2D eigenvalue weighted by molar-refractivity contribution is 0.192. The summed E-state index contributed by atoms with van der Waals surface area (Å²) < 4.78 is 13.3. The zero-order valence-electron chi connectivity index (χ0n) is 13.6. The molecule has 0 radical (unpaired) electrons. The van der Waals surface area contributed by atoms with Gasteiger partial charge in [0.25, 0.3) is 0 Å². The van der Waals surface area contributed by atoms with Crippen molar-refractivity contribution in [1.29, 1.82) is 0 Å². The van der Waals surface area contributed by atoms with Crippen molar-refractivity contribution in [2.75, 3.05) is 13.1 Å². The first-order valence-corrected chi connectivity index (χ1v) is 8.15. The van der Waals surface area contributed by atoms with Gasteiger partial charge in [-0.25, -0.2) is 0 Å². The lowest BCUT2D eigenvalue weighted by Gasteiger charge is -2.15. The molecule has 1 atom stereocenters. The Kier molecular flexibility index (Phi) is 4.04. The summed E-state index contributed by atoms with van der Waals surface area (Å²) in [6.07, 6.45) is 4.98. The minimum absolute atomic E-state index is 0.230. The normalized spacial score (nSPS) is 18.1. The molecule has 1 aliphatic rings. The average Bonchev–Trinajstić information content (AvgIpc) is 3.31. The lowest BCUT2D eigenvalue weighted by atomic mass is 10.2. The summed E-state index contributed by atoms with van der Waals surface area (Å²) in [5.41, 5.74) is 1.80. The molecule has 0 amide bonds. The molecule has 3 heterocycles. The second kappa shape index (κ2) is 6.49. The molecule has 0 N–H and O–H groups in total. The van der Waals surface area contributed by atoms with Crippen molar-refractivity contribution in [2.45, 2.75) is 19.1 Å². The van der Waals surface area contributed by atoms with Gasteiger partial charge in [0, 0.05) is 38.0 Å². The number of aryl methyl sites for hydroxylation is 1. The average molecular weight is 324 g/mol. The SMILES string of the molecule is Cn1cc(-c2cc(CN3CC[C@@H](Oc4ccccc4)C3)on2)cn1. The van der Waals surface area contributed by atoms with Crippen molar-refractivity contribution >= 4 is 0 Å². The first-order valence-electron chi connectivity index (χ1n) is 8.15. The molecule has 24 heavy (non-hydrogen) atoms. The van der Waals surface area contributed by atoms with Crippen molar-refractivity contribution < 1.29 is 9.26 Å². The van der Waals surface area contributed by atoms with Crippen molar-refractivity contribution in [3.8, 4) is 17.0 Å². The number of likely N-dealkylation sites (tertiary alicyclic amines) is 1. The summed E-state index contributed by atoms with van der Waals surface area (Å²) in [6.45, 7) is 2.65. The molecule has 0 bridgehead atoms. The Balaban J connectivity index is 1.34. The Morgan fingerprint density at radius 1 is 1.29 bits per heavy atom. The Morgan fingerprint density at radius 3 is 2.96 bits per heavy atom. The van der Waals surface area contributed by atoms with Crippen LogP contribution in [0, 0.1) is 0 Å². The third-order valence-corrected chi connectivity index (χ3v) is 4.21. The van der Waals surface area contributed by atoms with E-state index in [1.165, 1.54) is 0 Å². The summed E-state index contributed by atoms with van der Waals surface area (Å²) in [4.78, 5) is 2.33. The van der Waals surface area contributed by atoms with Gasteiger partial charge >= 0.3 is 0 Å². The number of hydrogen-bond donors (Lipinski definition) is 0. The monoisotopic (exact) mass is 324 g/mol. The van der Waals surface area contributed by atoms with Crippen LogP contribution in [0.15, 0.2) is 53.3 Å². The topological polar surface area (TPSA) is 56.3 Å². The highest BCUT2D eigenvalue weighted by molar-refractivity contribution is 5.56. The standard InChI is InChI=1S/C18H20N4O2/c1-21-11-14(10-19-21)18-9-17(24-20-18)13-22-8-7-16(12-22)23-15-5-3-2-4-6-15/h2-6,9-11,16H,7-8,12-13H2,1H3/t16-/m1/s1. The minimum atomic E-state index is 0.230. The fraction of sp³-hybridized carbons (Fsp3) is 0.333. The molecule has 3 aromatic rings. The minimum Gasteiger partial charge on any atom is -0.489 e. The smallest absolute Gasteiger partial charge is 0.151 e. The van der Waals surface area contributed by atoms with Gasteiger partial charge in [-0.05, 0) is 18.6 Å². The molecule has 2 aromatic heterocycles. The molecule has 1 fully saturated rings. The number of rotatable bonds is 5. The van der Waals surface area contributed by atoms with Crippen LogP contribution in [-0.4, -0.2) is 39.0 Å². The summed E-state index contributed by atoms with van der Waals surface area (Å²) >= 11 is 0. The van der Waals surface area contributed by atoms with Crippen molar-refractivity contribution in [1.82, 2.24) is 19.8 Å². The highest BCUT2D eigenvalue weighted by Gasteiger charge is 2.25. The zero-order chi connectivity index (χ0) is 16.4. The second-order valence-electron chi connectivity index (χ2n) is 6.16. The fourth-order valence-electron chi connectivity index (χ4n) is 3.03. The van der Waals surface area contributed by atoms with Crippen LogP contribution in [0.1, 0.15) is 12.2 Å². The maximum Gasteiger partial charge on any atom is 0.151 e. The highest BCUT2D eigenvalue weighted by atomic mass is 16.5. The van der Waals surface area contributed by atoms with Crippen LogP contribution >= 0.6 is 0 Å². The van der Waals surface area contributed by atoms with Gasteiger partial charge < -0.3 is 9.26 Å². The third-order valence-electron chi connectivity index (χ3n) is 4.21. The van der Waals surface area contributed by atoms with E-state index >= 15 is 0 Å². The summed E-state index contributed by atoms with van der Waals surface area (Å²) in [6, 6.07) is 12.0. The molecule has 0 spiro atoms. The van der Waals surface area contributed by atoms with E-state index in [1.807, 2.05) is 49.6 Å². The van der Waals surface area contributed by atoms with Gasteiger partial charge in [0.05, 0.1) is 12.7 Å². The van der Waals surface area contributed by atoms with Gasteiger partial charge in [-0.3, -0.25) is 9.58 Å². The predicted molar refractivity (Wildman–Crippen MR) is 89.5 cm³/mol. The number of ether oxygens (including phenoxy) is 1. The van der Waals surface area contributed by atoms with Gasteiger partial charge in [-0.15, -0.1) is 0 Å². The molecule has 6 nitrogen and oxygen atoms in total. The Morgan fingerprint density at radius 2 is 2.17 bits per heavy atom. The summed E-state index contributed by atoms with van der Waals surface area (Å²) in [5.74, 6) is 1.80. The Hall–Kier alpha value is -2.60. The van der Waals surface area contributed by atoms with Crippen LogP contribution in [0.5, 0.6) is 5.75 Å². The van der Waals surface area contributed by atoms with E-state index in [1.54, 1.807) is 10.9 Å². The van der Waals surface area contributed by atoms with Crippen LogP contribution in [0.25, 0.3) is 11.3 Å². The van der Waals surface area contributed by atoms with Crippen LogP contribution in [0.4, 0.5) is 0 Å². The number of nitrogens with zero attached hydrogens (tertiary/aromatic N) is 4. The Labute approximate surface area is 140 Å².